The first-order valence-electron chi connectivity index (χ1n) is 9.84. The maximum Gasteiger partial charge on any atom is 0.162 e. The van der Waals surface area contributed by atoms with Gasteiger partial charge in [-0.2, -0.15) is 0 Å². The second-order valence-corrected chi connectivity index (χ2v) is 7.61. The number of rotatable bonds is 5. The Balaban J connectivity index is 1.45. The van der Waals surface area contributed by atoms with Gasteiger partial charge in [-0.1, -0.05) is 54.6 Å². The molecule has 26 heavy (non-hydrogen) atoms. The second kappa shape index (κ2) is 7.91. The van der Waals surface area contributed by atoms with Crippen molar-refractivity contribution in [3.05, 3.63) is 71.3 Å². The molecular formula is C23H29NO2. The fourth-order valence-electron chi connectivity index (χ4n) is 4.58. The summed E-state index contributed by atoms with van der Waals surface area (Å²) in [6.07, 6.45) is 5.31. The largest absolute Gasteiger partial charge is 0.355 e. The highest BCUT2D eigenvalue weighted by Crippen LogP contribution is 2.42. The van der Waals surface area contributed by atoms with Gasteiger partial charge in [0.05, 0.1) is 0 Å². The first-order chi connectivity index (χ1) is 12.8. The van der Waals surface area contributed by atoms with E-state index in [0.29, 0.717) is 0 Å². The molecular weight excluding hydrogens is 322 g/mol. The predicted molar refractivity (Wildman–Crippen MR) is 104 cm³/mol. The summed E-state index contributed by atoms with van der Waals surface area (Å²) in [7, 11) is 1.76. The summed E-state index contributed by atoms with van der Waals surface area (Å²) in [5.74, 6) is 0. The number of piperidine rings is 1. The van der Waals surface area contributed by atoms with Crippen LogP contribution in [0.1, 0.15) is 36.0 Å². The van der Waals surface area contributed by atoms with Crippen LogP contribution in [0.4, 0.5) is 0 Å². The fraction of sp³-hybridized carbons (Fsp3) is 0.478. The number of benzene rings is 2. The van der Waals surface area contributed by atoms with Crippen molar-refractivity contribution in [1.29, 1.82) is 0 Å². The molecule has 0 amide bonds. The summed E-state index contributed by atoms with van der Waals surface area (Å²) in [5, 5.41) is 0. The summed E-state index contributed by atoms with van der Waals surface area (Å²) in [6, 6.07) is 19.6. The quantitative estimate of drug-likeness (QED) is 0.807. The van der Waals surface area contributed by atoms with E-state index in [1.807, 2.05) is 0 Å². The maximum absolute atomic E-state index is 6.52. The lowest BCUT2D eigenvalue weighted by Gasteiger charge is -2.48. The lowest BCUT2D eigenvalue weighted by molar-refractivity contribution is -0.228. The maximum atomic E-state index is 6.52. The van der Waals surface area contributed by atoms with Crippen LogP contribution < -0.4 is 0 Å². The molecule has 0 unspecified atom stereocenters. The van der Waals surface area contributed by atoms with Gasteiger partial charge >= 0.3 is 0 Å². The summed E-state index contributed by atoms with van der Waals surface area (Å²) in [4.78, 5) is 2.58. The van der Waals surface area contributed by atoms with Crippen LogP contribution in [0.5, 0.6) is 0 Å². The van der Waals surface area contributed by atoms with Gasteiger partial charge in [0.2, 0.25) is 0 Å². The molecule has 2 atom stereocenters. The molecule has 2 aromatic carbocycles. The molecule has 2 aliphatic heterocycles. The minimum atomic E-state index is -0.208. The Hall–Kier alpha value is -1.68. The van der Waals surface area contributed by atoms with Gasteiger partial charge in [0, 0.05) is 20.1 Å². The number of nitrogens with zero attached hydrogens (tertiary/aromatic N) is 1. The van der Waals surface area contributed by atoms with Gasteiger partial charge < -0.3 is 14.4 Å². The molecule has 3 nitrogen and oxygen atoms in total. The molecule has 3 heteroatoms. The van der Waals surface area contributed by atoms with E-state index in [1.165, 1.54) is 36.1 Å². The Bertz CT molecular complexity index is 717. The van der Waals surface area contributed by atoms with Crippen molar-refractivity contribution in [2.45, 2.75) is 44.0 Å². The Morgan fingerprint density at radius 2 is 1.92 bits per heavy atom. The van der Waals surface area contributed by atoms with Gasteiger partial charge in [-0.15, -0.1) is 0 Å². The number of fused-ring (bicyclic) bond motifs is 2. The van der Waals surface area contributed by atoms with Crippen molar-refractivity contribution >= 4 is 0 Å². The van der Waals surface area contributed by atoms with Gasteiger partial charge in [0.1, 0.15) is 5.60 Å². The average molecular weight is 351 g/mol. The minimum absolute atomic E-state index is 0.130. The topological polar surface area (TPSA) is 21.7 Å². The number of hydrogen-bond acceptors (Lipinski definition) is 3. The van der Waals surface area contributed by atoms with Crippen LogP contribution in [0.15, 0.2) is 54.6 Å². The first-order valence-corrected chi connectivity index (χ1v) is 9.84. The van der Waals surface area contributed by atoms with Crippen LogP contribution in [0.2, 0.25) is 0 Å². The normalized spacial score (nSPS) is 26.0. The fourth-order valence-corrected chi connectivity index (χ4v) is 4.58. The van der Waals surface area contributed by atoms with E-state index in [-0.39, 0.29) is 11.9 Å². The zero-order valence-electron chi connectivity index (χ0n) is 15.7. The van der Waals surface area contributed by atoms with E-state index in [2.05, 4.69) is 59.5 Å². The smallest absolute Gasteiger partial charge is 0.162 e. The van der Waals surface area contributed by atoms with Crippen molar-refractivity contribution in [1.82, 2.24) is 4.90 Å². The molecule has 1 spiro atoms. The van der Waals surface area contributed by atoms with Crippen molar-refractivity contribution in [2.75, 3.05) is 26.7 Å². The van der Waals surface area contributed by atoms with Crippen molar-refractivity contribution in [3.8, 4) is 0 Å². The molecule has 2 aromatic rings. The van der Waals surface area contributed by atoms with Crippen LogP contribution in [0.3, 0.4) is 0 Å². The van der Waals surface area contributed by atoms with Crippen LogP contribution in [0, 0.1) is 0 Å². The van der Waals surface area contributed by atoms with Crippen molar-refractivity contribution < 1.29 is 9.47 Å². The standard InChI is InChI=1S/C23H29NO2/c1-25-22-17-20-12-5-6-13-21(20)23(26-22)14-8-16-24(18-23)15-7-11-19-9-3-2-4-10-19/h2-6,9-10,12-13,22H,7-8,11,14-18H2,1H3/t22-,23+/m0/s1. The van der Waals surface area contributed by atoms with Crippen molar-refractivity contribution in [2.24, 2.45) is 0 Å². The van der Waals surface area contributed by atoms with E-state index < -0.39 is 0 Å². The summed E-state index contributed by atoms with van der Waals surface area (Å²) >= 11 is 0. The number of ether oxygens (including phenoxy) is 2. The molecule has 1 saturated heterocycles. The first kappa shape index (κ1) is 17.7. The second-order valence-electron chi connectivity index (χ2n) is 7.61. The van der Waals surface area contributed by atoms with Crippen molar-refractivity contribution in [3.63, 3.8) is 0 Å². The van der Waals surface area contributed by atoms with Gasteiger partial charge in [-0.25, -0.2) is 0 Å². The highest BCUT2D eigenvalue weighted by Gasteiger charge is 2.44. The Labute approximate surface area is 156 Å². The lowest BCUT2D eigenvalue weighted by Crippen LogP contribution is -2.52. The highest BCUT2D eigenvalue weighted by molar-refractivity contribution is 5.35. The highest BCUT2D eigenvalue weighted by atomic mass is 16.7. The summed E-state index contributed by atoms with van der Waals surface area (Å²) in [6.45, 7) is 3.26. The zero-order valence-corrected chi connectivity index (χ0v) is 15.7. The van der Waals surface area contributed by atoms with E-state index in [0.717, 1.165) is 32.4 Å². The summed E-state index contributed by atoms with van der Waals surface area (Å²) in [5.41, 5.74) is 3.98. The van der Waals surface area contributed by atoms with E-state index in [4.69, 9.17) is 9.47 Å². The van der Waals surface area contributed by atoms with Gasteiger partial charge in [-0.3, -0.25) is 0 Å². The molecule has 0 radical (unpaired) electrons. The monoisotopic (exact) mass is 351 g/mol. The van der Waals surface area contributed by atoms with E-state index in [1.54, 1.807) is 7.11 Å². The van der Waals surface area contributed by atoms with E-state index in [9.17, 15) is 0 Å². The lowest BCUT2D eigenvalue weighted by atomic mass is 9.80. The number of likely N-dealkylation sites (tertiary alicyclic amines) is 1. The van der Waals surface area contributed by atoms with Gasteiger partial charge in [0.25, 0.3) is 0 Å². The molecule has 4 rings (SSSR count). The molecule has 2 aliphatic rings. The Kier molecular flexibility index (Phi) is 5.39. The molecule has 0 bridgehead atoms. The van der Waals surface area contributed by atoms with Crippen LogP contribution in [-0.4, -0.2) is 37.9 Å². The molecule has 1 fully saturated rings. The third-order valence-corrected chi connectivity index (χ3v) is 5.83. The molecule has 0 saturated carbocycles. The summed E-state index contributed by atoms with van der Waals surface area (Å²) < 4.78 is 12.1. The molecule has 0 aliphatic carbocycles. The van der Waals surface area contributed by atoms with E-state index >= 15 is 0 Å². The average Bonchev–Trinajstić information content (AvgIpc) is 2.69. The van der Waals surface area contributed by atoms with Crippen LogP contribution >= 0.6 is 0 Å². The van der Waals surface area contributed by atoms with Gasteiger partial charge in [0.15, 0.2) is 6.29 Å². The third kappa shape index (κ3) is 3.71. The molecule has 0 aromatic heterocycles. The molecule has 138 valence electrons. The Morgan fingerprint density at radius 3 is 2.77 bits per heavy atom. The Morgan fingerprint density at radius 1 is 1.12 bits per heavy atom. The predicted octanol–water partition coefficient (Wildman–Crippen LogP) is 4.16. The minimum Gasteiger partial charge on any atom is -0.355 e. The molecule has 2 heterocycles. The zero-order chi connectivity index (χ0) is 17.8. The van der Waals surface area contributed by atoms with Crippen LogP contribution in [-0.2, 0) is 27.9 Å². The third-order valence-electron chi connectivity index (χ3n) is 5.83. The number of hydrogen-bond donors (Lipinski definition) is 0. The number of aryl methyl sites for hydroxylation is 1. The molecule has 0 N–H and O–H groups in total. The number of methoxy groups -OCH3 is 1. The SMILES string of the molecule is CO[C@@H]1Cc2ccccc2[C@]2(CCCN(CCCc3ccccc3)C2)O1. The van der Waals surface area contributed by atoms with Crippen LogP contribution in [0.25, 0.3) is 0 Å². The van der Waals surface area contributed by atoms with Gasteiger partial charge in [-0.05, 0) is 55.5 Å².